The molecule has 0 aromatic heterocycles. The first kappa shape index (κ1) is 19.6. The highest BCUT2D eigenvalue weighted by molar-refractivity contribution is 6.30. The monoisotopic (exact) mass is 408 g/mol. The molecule has 1 heterocycles. The van der Waals surface area contributed by atoms with Crippen LogP contribution >= 0.6 is 11.6 Å². The van der Waals surface area contributed by atoms with Gasteiger partial charge in [0.15, 0.2) is 0 Å². The van der Waals surface area contributed by atoms with E-state index < -0.39 is 0 Å². The molecule has 1 saturated heterocycles. The normalized spacial score (nSPS) is 14.8. The Labute approximate surface area is 175 Å². The zero-order valence-electron chi connectivity index (χ0n) is 16.0. The first-order chi connectivity index (χ1) is 14.1. The van der Waals surface area contributed by atoms with Gasteiger partial charge in [0.05, 0.1) is 0 Å². The van der Waals surface area contributed by atoms with Crippen LogP contribution in [0.15, 0.2) is 72.8 Å². The van der Waals surface area contributed by atoms with Gasteiger partial charge in [0.1, 0.15) is 5.82 Å². The Morgan fingerprint density at radius 2 is 1.55 bits per heavy atom. The van der Waals surface area contributed by atoms with Gasteiger partial charge < -0.3 is 4.90 Å². The maximum atomic E-state index is 14.3. The number of halogens is 2. The maximum absolute atomic E-state index is 14.3. The van der Waals surface area contributed by atoms with Gasteiger partial charge in [-0.3, -0.25) is 9.69 Å². The van der Waals surface area contributed by atoms with Crippen LogP contribution in [0.5, 0.6) is 0 Å². The van der Waals surface area contributed by atoms with E-state index in [4.69, 9.17) is 11.6 Å². The molecule has 1 aliphatic heterocycles. The molecular weight excluding hydrogens is 387 g/mol. The molecule has 3 nitrogen and oxygen atoms in total. The van der Waals surface area contributed by atoms with Gasteiger partial charge in [-0.1, -0.05) is 60.1 Å². The number of rotatable bonds is 4. The summed E-state index contributed by atoms with van der Waals surface area (Å²) in [6, 6.07) is 21.9. The summed E-state index contributed by atoms with van der Waals surface area (Å²) in [6.45, 7) is 3.60. The Morgan fingerprint density at radius 1 is 0.862 bits per heavy atom. The van der Waals surface area contributed by atoms with Crippen LogP contribution in [0.4, 0.5) is 4.39 Å². The molecule has 5 heteroatoms. The number of carbonyl (C=O) groups excluding carboxylic acids is 1. The topological polar surface area (TPSA) is 23.6 Å². The largest absolute Gasteiger partial charge is 0.336 e. The fourth-order valence-electron chi connectivity index (χ4n) is 3.75. The van der Waals surface area contributed by atoms with Gasteiger partial charge in [0, 0.05) is 48.9 Å². The number of piperazine rings is 1. The maximum Gasteiger partial charge on any atom is 0.253 e. The highest BCUT2D eigenvalue weighted by Crippen LogP contribution is 2.27. The van der Waals surface area contributed by atoms with Crippen molar-refractivity contribution in [1.29, 1.82) is 0 Å². The number of hydrogen-bond acceptors (Lipinski definition) is 2. The van der Waals surface area contributed by atoms with E-state index in [2.05, 4.69) is 4.90 Å². The van der Waals surface area contributed by atoms with Gasteiger partial charge in [-0.15, -0.1) is 0 Å². The van der Waals surface area contributed by atoms with Crippen molar-refractivity contribution in [2.75, 3.05) is 26.2 Å². The van der Waals surface area contributed by atoms with Crippen LogP contribution in [0.3, 0.4) is 0 Å². The van der Waals surface area contributed by atoms with E-state index in [0.717, 1.165) is 30.8 Å². The summed E-state index contributed by atoms with van der Waals surface area (Å²) in [4.78, 5) is 16.9. The molecule has 0 bridgehead atoms. The summed E-state index contributed by atoms with van der Waals surface area (Å²) in [6.07, 6.45) is 0. The SMILES string of the molecule is O=C(c1cccc(Cl)c1)N1CCN(Cc2ccccc2-c2ccccc2F)CC1. The van der Waals surface area contributed by atoms with Crippen LogP contribution in [-0.2, 0) is 6.54 Å². The lowest BCUT2D eigenvalue weighted by molar-refractivity contribution is 0.0628. The number of amides is 1. The van der Waals surface area contributed by atoms with Gasteiger partial charge in [-0.2, -0.15) is 0 Å². The summed E-state index contributed by atoms with van der Waals surface area (Å²) in [7, 11) is 0. The molecule has 0 unspecified atom stereocenters. The molecule has 3 aromatic carbocycles. The Morgan fingerprint density at radius 3 is 2.28 bits per heavy atom. The Bertz CT molecular complexity index is 1020. The molecule has 0 aliphatic carbocycles. The second-order valence-corrected chi connectivity index (χ2v) is 7.65. The number of carbonyl (C=O) groups is 1. The smallest absolute Gasteiger partial charge is 0.253 e. The third-order valence-electron chi connectivity index (χ3n) is 5.31. The van der Waals surface area contributed by atoms with Crippen LogP contribution < -0.4 is 0 Å². The van der Waals surface area contributed by atoms with Crippen molar-refractivity contribution in [3.05, 3.63) is 94.8 Å². The van der Waals surface area contributed by atoms with Gasteiger partial charge in [0.2, 0.25) is 0 Å². The first-order valence-corrected chi connectivity index (χ1v) is 10.1. The van der Waals surface area contributed by atoms with Crippen molar-refractivity contribution in [2.24, 2.45) is 0 Å². The third kappa shape index (κ3) is 4.50. The van der Waals surface area contributed by atoms with E-state index in [1.165, 1.54) is 6.07 Å². The van der Waals surface area contributed by atoms with Gasteiger partial charge in [0.25, 0.3) is 5.91 Å². The van der Waals surface area contributed by atoms with Crippen molar-refractivity contribution in [2.45, 2.75) is 6.54 Å². The van der Waals surface area contributed by atoms with E-state index in [1.54, 1.807) is 30.3 Å². The van der Waals surface area contributed by atoms with Crippen LogP contribution in [0.25, 0.3) is 11.1 Å². The van der Waals surface area contributed by atoms with E-state index in [9.17, 15) is 9.18 Å². The average molecular weight is 409 g/mol. The van der Waals surface area contributed by atoms with Crippen molar-refractivity contribution in [3.63, 3.8) is 0 Å². The van der Waals surface area contributed by atoms with Crippen LogP contribution in [0.1, 0.15) is 15.9 Å². The zero-order valence-corrected chi connectivity index (χ0v) is 16.8. The van der Waals surface area contributed by atoms with E-state index in [1.807, 2.05) is 41.3 Å². The molecule has 0 atom stereocenters. The Kier molecular flexibility index (Phi) is 5.93. The lowest BCUT2D eigenvalue weighted by Gasteiger charge is -2.35. The first-order valence-electron chi connectivity index (χ1n) is 9.72. The lowest BCUT2D eigenvalue weighted by Crippen LogP contribution is -2.48. The summed E-state index contributed by atoms with van der Waals surface area (Å²) >= 11 is 6.01. The number of hydrogen-bond donors (Lipinski definition) is 0. The Hall–Kier alpha value is -2.69. The quantitative estimate of drug-likeness (QED) is 0.599. The second-order valence-electron chi connectivity index (χ2n) is 7.22. The molecule has 29 heavy (non-hydrogen) atoms. The van der Waals surface area contributed by atoms with Crippen molar-refractivity contribution < 1.29 is 9.18 Å². The van der Waals surface area contributed by atoms with Gasteiger partial charge in [-0.05, 0) is 35.4 Å². The zero-order chi connectivity index (χ0) is 20.2. The molecule has 148 valence electrons. The standard InChI is InChI=1S/C24H22ClFN2O/c25-20-8-5-7-18(16-20)24(29)28-14-12-27(13-15-28)17-19-6-1-2-9-21(19)22-10-3-4-11-23(22)26/h1-11,16H,12-15,17H2. The minimum atomic E-state index is -0.211. The highest BCUT2D eigenvalue weighted by atomic mass is 35.5. The molecule has 0 N–H and O–H groups in total. The third-order valence-corrected chi connectivity index (χ3v) is 5.54. The molecule has 0 spiro atoms. The summed E-state index contributed by atoms with van der Waals surface area (Å²) < 4.78 is 14.3. The number of benzene rings is 3. The number of nitrogens with zero attached hydrogens (tertiary/aromatic N) is 2. The summed E-state index contributed by atoms with van der Waals surface area (Å²) in [5, 5.41) is 0.569. The molecule has 3 aromatic rings. The molecule has 1 fully saturated rings. The van der Waals surface area contributed by atoms with Crippen LogP contribution in [0, 0.1) is 5.82 Å². The lowest BCUT2D eigenvalue weighted by atomic mass is 9.98. The van der Waals surface area contributed by atoms with Gasteiger partial charge >= 0.3 is 0 Å². The second kappa shape index (κ2) is 8.76. The van der Waals surface area contributed by atoms with E-state index in [-0.39, 0.29) is 11.7 Å². The minimum absolute atomic E-state index is 0.0129. The van der Waals surface area contributed by atoms with Crippen LogP contribution in [0.2, 0.25) is 5.02 Å². The molecule has 4 rings (SSSR count). The molecule has 0 radical (unpaired) electrons. The molecule has 1 amide bonds. The molecule has 1 aliphatic rings. The summed E-state index contributed by atoms with van der Waals surface area (Å²) in [5.74, 6) is -0.198. The van der Waals surface area contributed by atoms with Crippen molar-refractivity contribution >= 4 is 17.5 Å². The molecule has 0 saturated carbocycles. The highest BCUT2D eigenvalue weighted by Gasteiger charge is 2.23. The fraction of sp³-hybridized carbons (Fsp3) is 0.208. The van der Waals surface area contributed by atoms with E-state index in [0.29, 0.717) is 29.2 Å². The van der Waals surface area contributed by atoms with Crippen molar-refractivity contribution in [1.82, 2.24) is 9.80 Å². The Balaban J connectivity index is 1.43. The fourth-order valence-corrected chi connectivity index (χ4v) is 3.94. The van der Waals surface area contributed by atoms with E-state index >= 15 is 0 Å². The van der Waals surface area contributed by atoms with Gasteiger partial charge in [-0.25, -0.2) is 4.39 Å². The molecular formula is C24H22ClFN2O. The minimum Gasteiger partial charge on any atom is -0.336 e. The van der Waals surface area contributed by atoms with Crippen molar-refractivity contribution in [3.8, 4) is 11.1 Å². The predicted octanol–water partition coefficient (Wildman–Crippen LogP) is 5.10. The average Bonchev–Trinajstić information content (AvgIpc) is 2.75. The predicted molar refractivity (Wildman–Crippen MR) is 114 cm³/mol. The van der Waals surface area contributed by atoms with Crippen LogP contribution in [-0.4, -0.2) is 41.9 Å². The summed E-state index contributed by atoms with van der Waals surface area (Å²) in [5.41, 5.74) is 3.25.